The van der Waals surface area contributed by atoms with Crippen molar-refractivity contribution in [3.63, 3.8) is 0 Å². The number of nitrogens with one attached hydrogen (secondary N) is 1. The largest absolute Gasteiger partial charge is 0.447 e. The van der Waals surface area contributed by atoms with Gasteiger partial charge in [-0.15, -0.1) is 0 Å². The maximum absolute atomic E-state index is 12.2. The number of alkyl carbamates (subject to hydrolysis) is 1. The molecule has 3 amide bonds. The van der Waals surface area contributed by atoms with Gasteiger partial charge < -0.3 is 19.5 Å². The molecule has 0 radical (unpaired) electrons. The zero-order chi connectivity index (χ0) is 29.1. The number of hydrogen-bond acceptors (Lipinski definition) is 7. The van der Waals surface area contributed by atoms with E-state index in [1.165, 1.54) is 90.4 Å². The van der Waals surface area contributed by atoms with Crippen LogP contribution >= 0.6 is 0 Å². The Kier molecular flexibility index (Phi) is 22.4. The van der Waals surface area contributed by atoms with Gasteiger partial charge in [0.2, 0.25) is 5.91 Å². The van der Waals surface area contributed by atoms with Crippen LogP contribution in [0.2, 0.25) is 0 Å². The smallest absolute Gasteiger partial charge is 0.416 e. The van der Waals surface area contributed by atoms with Gasteiger partial charge in [-0.2, -0.15) is 0 Å². The number of carbonyl (C=O) groups is 3. The number of amides is 3. The molecule has 1 aromatic heterocycles. The molecule has 9 heteroatoms. The first-order valence-corrected chi connectivity index (χ1v) is 15.4. The number of aromatic nitrogens is 1. The van der Waals surface area contributed by atoms with Gasteiger partial charge >= 0.3 is 12.2 Å². The molecule has 0 aliphatic heterocycles. The Morgan fingerprint density at radius 2 is 1.30 bits per heavy atom. The molecular formula is C31H53N3O6. The molecule has 0 fully saturated rings. The third-order valence-corrected chi connectivity index (χ3v) is 6.61. The lowest BCUT2D eigenvalue weighted by Crippen LogP contribution is -2.36. The van der Waals surface area contributed by atoms with E-state index in [0.717, 1.165) is 17.7 Å². The van der Waals surface area contributed by atoms with Gasteiger partial charge in [-0.1, -0.05) is 103 Å². The van der Waals surface area contributed by atoms with Crippen LogP contribution in [0.1, 0.15) is 116 Å². The van der Waals surface area contributed by atoms with Gasteiger partial charge in [0, 0.05) is 19.7 Å². The molecule has 9 nitrogen and oxygen atoms in total. The van der Waals surface area contributed by atoms with Crippen LogP contribution in [0.4, 0.5) is 9.59 Å². The van der Waals surface area contributed by atoms with Crippen molar-refractivity contribution in [2.45, 2.75) is 117 Å². The van der Waals surface area contributed by atoms with Gasteiger partial charge in [0.15, 0.2) is 0 Å². The lowest BCUT2D eigenvalue weighted by atomic mass is 10.0. The molecular weight excluding hydrogens is 510 g/mol. The Labute approximate surface area is 241 Å². The molecule has 0 saturated carbocycles. The Morgan fingerprint density at radius 3 is 1.82 bits per heavy atom. The fourth-order valence-corrected chi connectivity index (χ4v) is 4.26. The van der Waals surface area contributed by atoms with Crippen molar-refractivity contribution in [2.24, 2.45) is 0 Å². The molecule has 1 rings (SSSR count). The highest BCUT2D eigenvalue weighted by molar-refractivity contribution is 5.90. The van der Waals surface area contributed by atoms with E-state index in [4.69, 9.17) is 14.2 Å². The SMILES string of the molecule is CCCCCCCCCCCCCCCCCNC(=O)OCCOCCOC(=O)N(Cc1ccccn1)C(C)=O. The minimum Gasteiger partial charge on any atom is -0.447 e. The number of ether oxygens (including phenoxy) is 3. The molecule has 0 unspecified atom stereocenters. The average Bonchev–Trinajstić information content (AvgIpc) is 2.95. The first-order valence-electron chi connectivity index (χ1n) is 15.4. The van der Waals surface area contributed by atoms with Crippen LogP contribution in [-0.4, -0.2) is 60.9 Å². The molecule has 1 heterocycles. The topological polar surface area (TPSA) is 107 Å². The van der Waals surface area contributed by atoms with E-state index in [2.05, 4.69) is 17.2 Å². The van der Waals surface area contributed by atoms with E-state index in [-0.39, 0.29) is 33.0 Å². The zero-order valence-electron chi connectivity index (χ0n) is 25.0. The summed E-state index contributed by atoms with van der Waals surface area (Å²) in [5, 5.41) is 2.76. The first kappa shape index (κ1) is 35.3. The number of hydrogen-bond donors (Lipinski definition) is 1. The standard InChI is InChI=1S/C31H53N3O6/c1-3-4-5-6-7-8-9-10-11-12-13-14-15-16-18-22-33-30(36)39-25-23-38-24-26-40-31(37)34(28(2)35)27-29-20-17-19-21-32-29/h17,19-21H,3-16,18,22-27H2,1-2H3,(H,33,36). The summed E-state index contributed by atoms with van der Waals surface area (Å²) < 4.78 is 15.5. The summed E-state index contributed by atoms with van der Waals surface area (Å²) in [5.41, 5.74) is 0.584. The second-order valence-corrected chi connectivity index (χ2v) is 10.2. The maximum atomic E-state index is 12.2. The van der Waals surface area contributed by atoms with Crippen LogP contribution < -0.4 is 5.32 Å². The number of carbonyl (C=O) groups excluding carboxylic acids is 3. The second kappa shape index (κ2) is 25.3. The second-order valence-electron chi connectivity index (χ2n) is 10.2. The van der Waals surface area contributed by atoms with E-state index >= 15 is 0 Å². The van der Waals surface area contributed by atoms with Crippen LogP contribution in [0, 0.1) is 0 Å². The highest BCUT2D eigenvalue weighted by atomic mass is 16.6. The summed E-state index contributed by atoms with van der Waals surface area (Å²) in [6.45, 7) is 4.62. The van der Waals surface area contributed by atoms with Crippen molar-refractivity contribution in [1.82, 2.24) is 15.2 Å². The predicted molar refractivity (Wildman–Crippen MR) is 157 cm³/mol. The van der Waals surface area contributed by atoms with Crippen molar-refractivity contribution in [3.8, 4) is 0 Å². The normalized spacial score (nSPS) is 10.8. The van der Waals surface area contributed by atoms with Crippen molar-refractivity contribution >= 4 is 18.1 Å². The molecule has 0 aliphatic rings. The third kappa shape index (κ3) is 20.3. The summed E-state index contributed by atoms with van der Waals surface area (Å²) in [6.07, 6.45) is 20.1. The summed E-state index contributed by atoms with van der Waals surface area (Å²) in [6, 6.07) is 5.26. The molecule has 228 valence electrons. The first-order chi connectivity index (χ1) is 19.5. The van der Waals surface area contributed by atoms with Crippen LogP contribution in [0.5, 0.6) is 0 Å². The molecule has 0 spiro atoms. The third-order valence-electron chi connectivity index (χ3n) is 6.61. The number of unbranched alkanes of at least 4 members (excludes halogenated alkanes) is 14. The zero-order valence-corrected chi connectivity index (χ0v) is 25.0. The van der Waals surface area contributed by atoms with E-state index in [9.17, 15) is 14.4 Å². The van der Waals surface area contributed by atoms with E-state index in [1.54, 1.807) is 24.4 Å². The average molecular weight is 564 g/mol. The minimum atomic E-state index is -0.754. The highest BCUT2D eigenvalue weighted by Crippen LogP contribution is 2.13. The van der Waals surface area contributed by atoms with Crippen LogP contribution in [-0.2, 0) is 25.5 Å². The molecule has 0 bridgehead atoms. The van der Waals surface area contributed by atoms with Crippen molar-refractivity contribution in [2.75, 3.05) is 33.0 Å². The van der Waals surface area contributed by atoms with E-state index in [1.807, 2.05) is 0 Å². The van der Waals surface area contributed by atoms with Crippen molar-refractivity contribution in [1.29, 1.82) is 0 Å². The quantitative estimate of drug-likeness (QED) is 0.133. The molecule has 0 aliphatic carbocycles. The van der Waals surface area contributed by atoms with Crippen LogP contribution in [0.15, 0.2) is 24.4 Å². The minimum absolute atomic E-state index is 0.0176. The molecule has 0 atom stereocenters. The summed E-state index contributed by atoms with van der Waals surface area (Å²) in [4.78, 5) is 40.8. The number of nitrogens with zero attached hydrogens (tertiary/aromatic N) is 2. The van der Waals surface area contributed by atoms with Crippen molar-refractivity contribution in [3.05, 3.63) is 30.1 Å². The lowest BCUT2D eigenvalue weighted by molar-refractivity contribution is -0.127. The fraction of sp³-hybridized carbons (Fsp3) is 0.742. The van der Waals surface area contributed by atoms with Crippen molar-refractivity contribution < 1.29 is 28.6 Å². The van der Waals surface area contributed by atoms with Gasteiger partial charge in [0.05, 0.1) is 25.5 Å². The Balaban J connectivity index is 1.87. The molecule has 1 N–H and O–H groups in total. The maximum Gasteiger partial charge on any atom is 0.416 e. The number of rotatable bonds is 24. The molecule has 0 aromatic carbocycles. The Morgan fingerprint density at radius 1 is 0.750 bits per heavy atom. The molecule has 1 aromatic rings. The lowest BCUT2D eigenvalue weighted by Gasteiger charge is -2.18. The van der Waals surface area contributed by atoms with Gasteiger partial charge in [-0.25, -0.2) is 14.5 Å². The Bertz CT molecular complexity index is 778. The number of imide groups is 1. The summed E-state index contributed by atoms with van der Waals surface area (Å²) >= 11 is 0. The summed E-state index contributed by atoms with van der Waals surface area (Å²) in [7, 11) is 0. The predicted octanol–water partition coefficient (Wildman–Crippen LogP) is 7.18. The fourth-order valence-electron chi connectivity index (χ4n) is 4.26. The van der Waals surface area contributed by atoms with E-state index < -0.39 is 18.1 Å². The van der Waals surface area contributed by atoms with Gasteiger partial charge in [-0.3, -0.25) is 9.78 Å². The summed E-state index contributed by atoms with van der Waals surface area (Å²) in [5.74, 6) is -0.430. The van der Waals surface area contributed by atoms with Gasteiger partial charge in [0.25, 0.3) is 0 Å². The van der Waals surface area contributed by atoms with Gasteiger partial charge in [-0.05, 0) is 18.6 Å². The molecule has 0 saturated heterocycles. The number of pyridine rings is 1. The highest BCUT2D eigenvalue weighted by Gasteiger charge is 2.20. The molecule has 40 heavy (non-hydrogen) atoms. The Hall–Kier alpha value is -2.68. The van der Waals surface area contributed by atoms with E-state index in [0.29, 0.717) is 12.2 Å². The van der Waals surface area contributed by atoms with Gasteiger partial charge in [0.1, 0.15) is 13.2 Å². The monoisotopic (exact) mass is 563 g/mol. The van der Waals surface area contributed by atoms with Crippen LogP contribution in [0.25, 0.3) is 0 Å². The van der Waals surface area contributed by atoms with Crippen LogP contribution in [0.3, 0.4) is 0 Å².